The zero-order valence-electron chi connectivity index (χ0n) is 9.19. The fourth-order valence-corrected chi connectivity index (χ4v) is 1.09. The van der Waals surface area contributed by atoms with Crippen LogP contribution in [0.25, 0.3) is 0 Å². The number of nitrogen functional groups attached to an aromatic ring is 1. The third-order valence-electron chi connectivity index (χ3n) is 1.67. The minimum Gasteiger partial charge on any atom is -0.475 e. The van der Waals surface area contributed by atoms with Crippen LogP contribution in [0.5, 0.6) is 5.88 Å². The summed E-state index contributed by atoms with van der Waals surface area (Å²) in [6.07, 6.45) is 1.01. The highest BCUT2D eigenvalue weighted by molar-refractivity contribution is 5.25. The molecule has 0 aliphatic heterocycles. The zero-order valence-corrected chi connectivity index (χ0v) is 9.19. The summed E-state index contributed by atoms with van der Waals surface area (Å²) in [5.74, 6) is 0.736. The second kappa shape index (κ2) is 6.19. The van der Waals surface area contributed by atoms with Gasteiger partial charge < -0.3 is 15.2 Å². The largest absolute Gasteiger partial charge is 0.475 e. The van der Waals surface area contributed by atoms with Gasteiger partial charge in [-0.1, -0.05) is 6.92 Å². The van der Waals surface area contributed by atoms with Crippen molar-refractivity contribution in [2.45, 2.75) is 20.3 Å². The standard InChI is InChI=1S/C10H17N3O2/c1-3-4-14-5-6-15-9-7-8(2)12-10(11)13-9/h7H,3-6H2,1-2H3,(H2,11,12,13). The average Bonchev–Trinajstić information content (AvgIpc) is 2.16. The summed E-state index contributed by atoms with van der Waals surface area (Å²) in [7, 11) is 0. The number of nitrogens with two attached hydrogens (primary N) is 1. The third-order valence-corrected chi connectivity index (χ3v) is 1.67. The molecule has 0 bridgehead atoms. The Bertz CT molecular complexity index is 284. The lowest BCUT2D eigenvalue weighted by atomic mass is 10.4. The number of aryl methyl sites for hydroxylation is 1. The number of aromatic nitrogens is 2. The smallest absolute Gasteiger partial charge is 0.223 e. The highest BCUT2D eigenvalue weighted by Crippen LogP contribution is 2.09. The number of ether oxygens (including phenoxy) is 2. The van der Waals surface area contributed by atoms with E-state index >= 15 is 0 Å². The van der Waals surface area contributed by atoms with Crippen LogP contribution in [0.1, 0.15) is 19.0 Å². The van der Waals surface area contributed by atoms with Crippen molar-refractivity contribution in [2.75, 3.05) is 25.6 Å². The van der Waals surface area contributed by atoms with Gasteiger partial charge in [-0.15, -0.1) is 0 Å². The van der Waals surface area contributed by atoms with Gasteiger partial charge in [-0.25, -0.2) is 4.98 Å². The second-order valence-electron chi connectivity index (χ2n) is 3.17. The number of rotatable bonds is 6. The SMILES string of the molecule is CCCOCCOc1cc(C)nc(N)n1. The Kier molecular flexibility index (Phi) is 4.83. The molecule has 1 rings (SSSR count). The van der Waals surface area contributed by atoms with Crippen LogP contribution >= 0.6 is 0 Å². The molecule has 5 nitrogen and oxygen atoms in total. The molecule has 84 valence electrons. The summed E-state index contributed by atoms with van der Waals surface area (Å²) in [5.41, 5.74) is 6.28. The maximum absolute atomic E-state index is 5.48. The first kappa shape index (κ1) is 11.7. The maximum Gasteiger partial charge on any atom is 0.223 e. The van der Waals surface area contributed by atoms with Crippen molar-refractivity contribution in [1.82, 2.24) is 9.97 Å². The molecule has 0 spiro atoms. The van der Waals surface area contributed by atoms with E-state index in [2.05, 4.69) is 16.9 Å². The predicted molar refractivity (Wildman–Crippen MR) is 57.8 cm³/mol. The minimum absolute atomic E-state index is 0.236. The van der Waals surface area contributed by atoms with E-state index in [4.69, 9.17) is 15.2 Å². The molecular formula is C10H17N3O2. The highest BCUT2D eigenvalue weighted by atomic mass is 16.5. The summed E-state index contributed by atoms with van der Waals surface area (Å²) in [4.78, 5) is 7.89. The lowest BCUT2D eigenvalue weighted by molar-refractivity contribution is 0.0990. The Balaban J connectivity index is 2.31. The van der Waals surface area contributed by atoms with Gasteiger partial charge in [-0.2, -0.15) is 4.98 Å². The molecule has 0 radical (unpaired) electrons. The molecule has 2 N–H and O–H groups in total. The van der Waals surface area contributed by atoms with Gasteiger partial charge in [0.15, 0.2) is 0 Å². The molecule has 15 heavy (non-hydrogen) atoms. The molecule has 0 fully saturated rings. The molecule has 1 aromatic rings. The van der Waals surface area contributed by atoms with Crippen molar-refractivity contribution in [1.29, 1.82) is 0 Å². The van der Waals surface area contributed by atoms with Crippen LogP contribution in [-0.4, -0.2) is 29.8 Å². The number of hydrogen-bond acceptors (Lipinski definition) is 5. The normalized spacial score (nSPS) is 10.3. The summed E-state index contributed by atoms with van der Waals surface area (Å²) in [6.45, 7) is 5.72. The van der Waals surface area contributed by atoms with Crippen LogP contribution in [-0.2, 0) is 4.74 Å². The van der Waals surface area contributed by atoms with Crippen molar-refractivity contribution in [3.05, 3.63) is 11.8 Å². The maximum atomic E-state index is 5.48. The van der Waals surface area contributed by atoms with E-state index in [0.717, 1.165) is 18.7 Å². The van der Waals surface area contributed by atoms with Gasteiger partial charge in [-0.05, 0) is 13.3 Å². The van der Waals surface area contributed by atoms with E-state index in [9.17, 15) is 0 Å². The van der Waals surface area contributed by atoms with Crippen LogP contribution < -0.4 is 10.5 Å². The molecule has 1 heterocycles. The van der Waals surface area contributed by atoms with Crippen molar-refractivity contribution >= 4 is 5.95 Å². The Labute approximate surface area is 89.6 Å². The van der Waals surface area contributed by atoms with Crippen molar-refractivity contribution < 1.29 is 9.47 Å². The van der Waals surface area contributed by atoms with E-state index in [-0.39, 0.29) is 5.95 Å². The number of hydrogen-bond donors (Lipinski definition) is 1. The first-order valence-electron chi connectivity index (χ1n) is 5.04. The van der Waals surface area contributed by atoms with E-state index in [0.29, 0.717) is 19.1 Å². The minimum atomic E-state index is 0.236. The predicted octanol–water partition coefficient (Wildman–Crippen LogP) is 1.17. The van der Waals surface area contributed by atoms with Crippen molar-refractivity contribution in [3.8, 4) is 5.88 Å². The van der Waals surface area contributed by atoms with Gasteiger partial charge in [0.25, 0.3) is 0 Å². The molecule has 5 heteroatoms. The van der Waals surface area contributed by atoms with Gasteiger partial charge in [0, 0.05) is 18.4 Å². The third kappa shape index (κ3) is 4.60. The van der Waals surface area contributed by atoms with E-state index in [1.54, 1.807) is 6.07 Å². The van der Waals surface area contributed by atoms with Crippen molar-refractivity contribution in [2.24, 2.45) is 0 Å². The number of nitrogens with zero attached hydrogens (tertiary/aromatic N) is 2. The Morgan fingerprint density at radius 3 is 2.73 bits per heavy atom. The molecule has 0 aliphatic rings. The van der Waals surface area contributed by atoms with Crippen LogP contribution in [0.3, 0.4) is 0 Å². The molecule has 0 saturated heterocycles. The fraction of sp³-hybridized carbons (Fsp3) is 0.600. The van der Waals surface area contributed by atoms with Crippen LogP contribution in [0.2, 0.25) is 0 Å². The molecule has 1 aromatic heterocycles. The first-order valence-corrected chi connectivity index (χ1v) is 5.04. The Morgan fingerprint density at radius 2 is 2.07 bits per heavy atom. The van der Waals surface area contributed by atoms with Gasteiger partial charge >= 0.3 is 0 Å². The van der Waals surface area contributed by atoms with Crippen molar-refractivity contribution in [3.63, 3.8) is 0 Å². The van der Waals surface area contributed by atoms with Gasteiger partial charge in [0.1, 0.15) is 6.61 Å². The summed E-state index contributed by atoms with van der Waals surface area (Å²) < 4.78 is 10.6. The van der Waals surface area contributed by atoms with Crippen LogP contribution in [0, 0.1) is 6.92 Å². The van der Waals surface area contributed by atoms with Crippen LogP contribution in [0.15, 0.2) is 6.07 Å². The topological polar surface area (TPSA) is 70.3 Å². The summed E-state index contributed by atoms with van der Waals surface area (Å²) >= 11 is 0. The lowest BCUT2D eigenvalue weighted by Crippen LogP contribution is -2.09. The molecule has 0 saturated carbocycles. The quantitative estimate of drug-likeness (QED) is 0.715. The van der Waals surface area contributed by atoms with Gasteiger partial charge in [-0.3, -0.25) is 0 Å². The molecule has 0 aromatic carbocycles. The first-order chi connectivity index (χ1) is 7.22. The Morgan fingerprint density at radius 1 is 1.27 bits per heavy atom. The monoisotopic (exact) mass is 211 g/mol. The summed E-state index contributed by atoms with van der Waals surface area (Å²) in [6, 6.07) is 1.75. The van der Waals surface area contributed by atoms with Gasteiger partial charge in [0.05, 0.1) is 6.61 Å². The van der Waals surface area contributed by atoms with Crippen LogP contribution in [0.4, 0.5) is 5.95 Å². The lowest BCUT2D eigenvalue weighted by Gasteiger charge is -2.06. The number of anilines is 1. The molecule has 0 aliphatic carbocycles. The Hall–Kier alpha value is -1.36. The highest BCUT2D eigenvalue weighted by Gasteiger charge is 1.99. The zero-order chi connectivity index (χ0) is 11.1. The fourth-order valence-electron chi connectivity index (χ4n) is 1.09. The molecule has 0 amide bonds. The summed E-state index contributed by atoms with van der Waals surface area (Å²) in [5, 5.41) is 0. The molecular weight excluding hydrogens is 194 g/mol. The second-order valence-corrected chi connectivity index (χ2v) is 3.17. The molecule has 0 atom stereocenters. The van der Waals surface area contributed by atoms with Gasteiger partial charge in [0.2, 0.25) is 11.8 Å². The molecule has 0 unspecified atom stereocenters. The average molecular weight is 211 g/mol. The van der Waals surface area contributed by atoms with E-state index in [1.807, 2.05) is 6.92 Å². The van der Waals surface area contributed by atoms with E-state index in [1.165, 1.54) is 0 Å². The van der Waals surface area contributed by atoms with E-state index < -0.39 is 0 Å².